The summed E-state index contributed by atoms with van der Waals surface area (Å²) in [6.07, 6.45) is -5.02. The molecule has 0 radical (unpaired) electrons. The monoisotopic (exact) mass is 470 g/mol. The van der Waals surface area contributed by atoms with Gasteiger partial charge in [0.25, 0.3) is 0 Å². The molecule has 1 saturated heterocycles. The molecule has 1 aliphatic heterocycles. The SMILES string of the molecule is CC(=O)OC[C@H]1O[C@@H](n2c(=O)sc3cnc(N)nc32)[C@H](OC(C)=O)[C@H]1OC(=O)OC(C)C. The number of hydrogen-bond acceptors (Lipinski definition) is 13. The number of hydrogen-bond donors (Lipinski definition) is 1. The van der Waals surface area contributed by atoms with Crippen molar-refractivity contribution in [2.24, 2.45) is 0 Å². The summed E-state index contributed by atoms with van der Waals surface area (Å²) < 4.78 is 28.2. The normalized spacial score (nSPS) is 22.7. The lowest BCUT2D eigenvalue weighted by Gasteiger charge is -2.24. The summed E-state index contributed by atoms with van der Waals surface area (Å²) in [6.45, 7) is 5.24. The summed E-state index contributed by atoms with van der Waals surface area (Å²) in [5.41, 5.74) is 5.81. The summed E-state index contributed by atoms with van der Waals surface area (Å²) in [7, 11) is 0. The highest BCUT2D eigenvalue weighted by Crippen LogP contribution is 2.36. The summed E-state index contributed by atoms with van der Waals surface area (Å²) in [5.74, 6) is -1.41. The number of carbonyl (C=O) groups excluding carboxylic acids is 3. The first kappa shape index (κ1) is 23.4. The number of rotatable bonds is 6. The van der Waals surface area contributed by atoms with Gasteiger partial charge in [-0.2, -0.15) is 4.98 Å². The maximum atomic E-state index is 12.8. The molecule has 174 valence electrons. The van der Waals surface area contributed by atoms with E-state index in [0.29, 0.717) is 4.70 Å². The number of aromatic nitrogens is 3. The molecule has 0 spiro atoms. The average molecular weight is 470 g/mol. The minimum atomic E-state index is -1.28. The van der Waals surface area contributed by atoms with Crippen LogP contribution >= 0.6 is 11.3 Å². The van der Waals surface area contributed by atoms with Gasteiger partial charge in [-0.1, -0.05) is 11.3 Å². The molecule has 2 aromatic heterocycles. The number of nitrogens with zero attached hydrogens (tertiary/aromatic N) is 3. The quantitative estimate of drug-likeness (QED) is 0.465. The van der Waals surface area contributed by atoms with Crippen LogP contribution in [0.1, 0.15) is 33.9 Å². The fourth-order valence-electron chi connectivity index (χ4n) is 3.11. The van der Waals surface area contributed by atoms with E-state index < -0.39 is 53.6 Å². The first-order valence-corrected chi connectivity index (χ1v) is 10.3. The number of nitrogen functional groups attached to an aromatic ring is 1. The van der Waals surface area contributed by atoms with Crippen LogP contribution in [0.2, 0.25) is 0 Å². The van der Waals surface area contributed by atoms with Crippen LogP contribution in [0, 0.1) is 0 Å². The van der Waals surface area contributed by atoms with Crippen molar-refractivity contribution >= 4 is 45.7 Å². The minimum Gasteiger partial charge on any atom is -0.463 e. The largest absolute Gasteiger partial charge is 0.509 e. The Bertz CT molecular complexity index is 1080. The third kappa shape index (κ3) is 5.13. The molecule has 0 unspecified atom stereocenters. The number of nitrogens with two attached hydrogens (primary N) is 1. The molecule has 0 amide bonds. The smallest absolute Gasteiger partial charge is 0.463 e. The van der Waals surface area contributed by atoms with Crippen LogP contribution in [-0.4, -0.2) is 63.7 Å². The van der Waals surface area contributed by atoms with E-state index in [1.165, 1.54) is 13.1 Å². The molecule has 0 aromatic carbocycles. The standard InChI is InChI=1S/C18H22N4O9S/c1-7(2)28-18(26)31-12-10(6-27-8(3)23)30-15(13(12)29-9(4)24)22-14-11(32-17(22)25)5-20-16(19)21-14/h5,7,10,12-13,15H,6H2,1-4H3,(H2,19,20,21)/t10-,12+,13-,15-/m1/s1. The van der Waals surface area contributed by atoms with Gasteiger partial charge in [0, 0.05) is 13.8 Å². The first-order valence-electron chi connectivity index (χ1n) is 9.53. The third-order valence-electron chi connectivity index (χ3n) is 4.23. The van der Waals surface area contributed by atoms with Crippen molar-refractivity contribution < 1.29 is 38.1 Å². The number of anilines is 1. The molecule has 4 atom stereocenters. The van der Waals surface area contributed by atoms with Gasteiger partial charge in [-0.05, 0) is 13.8 Å². The molecule has 1 aliphatic rings. The second kappa shape index (κ2) is 9.48. The molecule has 0 bridgehead atoms. The van der Waals surface area contributed by atoms with E-state index in [0.717, 1.165) is 22.8 Å². The van der Waals surface area contributed by atoms with Gasteiger partial charge >= 0.3 is 23.0 Å². The maximum absolute atomic E-state index is 12.8. The van der Waals surface area contributed by atoms with Crippen molar-refractivity contribution in [3.05, 3.63) is 15.9 Å². The molecule has 3 heterocycles. The van der Waals surface area contributed by atoms with Gasteiger partial charge in [-0.3, -0.25) is 19.0 Å². The van der Waals surface area contributed by atoms with Crippen molar-refractivity contribution in [3.8, 4) is 0 Å². The summed E-state index contributed by atoms with van der Waals surface area (Å²) in [6, 6.07) is 0. The molecular formula is C18H22N4O9S. The molecule has 0 saturated carbocycles. The van der Waals surface area contributed by atoms with Crippen LogP contribution in [0.3, 0.4) is 0 Å². The van der Waals surface area contributed by atoms with E-state index in [2.05, 4.69) is 9.97 Å². The molecule has 0 aliphatic carbocycles. The molecule has 2 N–H and O–H groups in total. The predicted octanol–water partition coefficient (Wildman–Crippen LogP) is 0.758. The molecular weight excluding hydrogens is 448 g/mol. The molecule has 1 fully saturated rings. The molecule has 13 nitrogen and oxygen atoms in total. The highest BCUT2D eigenvalue weighted by molar-refractivity contribution is 7.16. The van der Waals surface area contributed by atoms with Crippen LogP contribution < -0.4 is 10.6 Å². The zero-order valence-electron chi connectivity index (χ0n) is 17.7. The lowest BCUT2D eigenvalue weighted by molar-refractivity contribution is -0.156. The zero-order chi connectivity index (χ0) is 23.6. The predicted molar refractivity (Wildman–Crippen MR) is 109 cm³/mol. The van der Waals surface area contributed by atoms with Crippen LogP contribution in [-0.2, 0) is 33.3 Å². The molecule has 3 rings (SSSR count). The number of thiazole rings is 1. The van der Waals surface area contributed by atoms with Crippen LogP contribution in [0.4, 0.5) is 10.7 Å². The van der Waals surface area contributed by atoms with Crippen LogP contribution in [0.15, 0.2) is 11.0 Å². The topological polar surface area (TPSA) is 171 Å². The van der Waals surface area contributed by atoms with Gasteiger partial charge in [-0.15, -0.1) is 0 Å². The maximum Gasteiger partial charge on any atom is 0.509 e. The fourth-order valence-corrected chi connectivity index (χ4v) is 3.93. The van der Waals surface area contributed by atoms with Crippen molar-refractivity contribution in [3.63, 3.8) is 0 Å². The average Bonchev–Trinajstić information content (AvgIpc) is 3.15. The summed E-state index contributed by atoms with van der Waals surface area (Å²) in [5, 5.41) is 0. The van der Waals surface area contributed by atoms with Crippen LogP contribution in [0.25, 0.3) is 10.3 Å². The van der Waals surface area contributed by atoms with Crippen molar-refractivity contribution in [1.29, 1.82) is 0 Å². The van der Waals surface area contributed by atoms with Crippen LogP contribution in [0.5, 0.6) is 0 Å². The Morgan fingerprint density at radius 2 is 1.94 bits per heavy atom. The first-order chi connectivity index (χ1) is 15.1. The second-order valence-electron chi connectivity index (χ2n) is 7.09. The lowest BCUT2D eigenvalue weighted by Crippen LogP contribution is -2.42. The van der Waals surface area contributed by atoms with Gasteiger partial charge < -0.3 is 29.4 Å². The van der Waals surface area contributed by atoms with E-state index in [1.54, 1.807) is 13.8 Å². The van der Waals surface area contributed by atoms with Gasteiger partial charge in [0.15, 0.2) is 24.1 Å². The van der Waals surface area contributed by atoms with E-state index >= 15 is 0 Å². The number of carbonyl (C=O) groups is 3. The third-order valence-corrected chi connectivity index (χ3v) is 5.11. The fraction of sp³-hybridized carbons (Fsp3) is 0.556. The minimum absolute atomic E-state index is 0.0872. The molecule has 32 heavy (non-hydrogen) atoms. The van der Waals surface area contributed by atoms with Gasteiger partial charge in [-0.25, -0.2) is 9.78 Å². The van der Waals surface area contributed by atoms with E-state index in [4.69, 9.17) is 29.4 Å². The number of fused-ring (bicyclic) bond motifs is 1. The Hall–Kier alpha value is -3.26. The Kier molecular flexibility index (Phi) is 6.93. The Morgan fingerprint density at radius 3 is 2.56 bits per heavy atom. The second-order valence-corrected chi connectivity index (χ2v) is 8.09. The van der Waals surface area contributed by atoms with Gasteiger partial charge in [0.05, 0.1) is 17.0 Å². The zero-order valence-corrected chi connectivity index (χ0v) is 18.5. The Morgan fingerprint density at radius 1 is 1.22 bits per heavy atom. The van der Waals surface area contributed by atoms with E-state index in [9.17, 15) is 19.2 Å². The summed E-state index contributed by atoms with van der Waals surface area (Å²) >= 11 is 0.827. The van der Waals surface area contributed by atoms with Crippen molar-refractivity contribution in [2.75, 3.05) is 12.3 Å². The number of ether oxygens (including phenoxy) is 5. The highest BCUT2D eigenvalue weighted by Gasteiger charge is 2.52. The van der Waals surface area contributed by atoms with Gasteiger partial charge in [0.2, 0.25) is 5.95 Å². The van der Waals surface area contributed by atoms with E-state index in [1.807, 2.05) is 0 Å². The lowest BCUT2D eigenvalue weighted by atomic mass is 10.1. The Balaban J connectivity index is 2.04. The van der Waals surface area contributed by atoms with Crippen molar-refractivity contribution in [2.45, 2.75) is 58.3 Å². The summed E-state index contributed by atoms with van der Waals surface area (Å²) in [4.78, 5) is 55.5. The van der Waals surface area contributed by atoms with E-state index in [-0.39, 0.29) is 18.2 Å². The van der Waals surface area contributed by atoms with Crippen molar-refractivity contribution in [1.82, 2.24) is 14.5 Å². The molecule has 2 aromatic rings. The van der Waals surface area contributed by atoms with Gasteiger partial charge in [0.1, 0.15) is 12.7 Å². The number of esters is 2. The highest BCUT2D eigenvalue weighted by atomic mass is 32.1. The Labute approximate surface area is 185 Å². The molecule has 14 heteroatoms.